The third kappa shape index (κ3) is 2.49. The number of nitrogens with zero attached hydrogens (tertiary/aromatic N) is 1. The number of halogens is 1. The molecular formula is C17H12ClNO4. The number of hydrogen-bond acceptors (Lipinski definition) is 4. The van der Waals surface area contributed by atoms with Crippen LogP contribution < -0.4 is 0 Å². The summed E-state index contributed by atoms with van der Waals surface area (Å²) in [6.45, 7) is 3.41. The number of hydroxylamine groups is 2. The average Bonchev–Trinajstić information content (AvgIpc) is 2.72. The van der Waals surface area contributed by atoms with E-state index < -0.39 is 17.8 Å². The highest BCUT2D eigenvalue weighted by Crippen LogP contribution is 2.25. The zero-order valence-electron chi connectivity index (χ0n) is 12.4. The normalized spacial score (nSPS) is 13.3. The summed E-state index contributed by atoms with van der Waals surface area (Å²) in [5.41, 5.74) is 1.93. The summed E-state index contributed by atoms with van der Waals surface area (Å²) >= 11 is 5.93. The van der Waals surface area contributed by atoms with Crippen LogP contribution in [0.25, 0.3) is 0 Å². The van der Waals surface area contributed by atoms with Crippen LogP contribution in [0.1, 0.15) is 42.2 Å². The van der Waals surface area contributed by atoms with Gasteiger partial charge in [-0.05, 0) is 49.2 Å². The van der Waals surface area contributed by atoms with Gasteiger partial charge in [0.1, 0.15) is 0 Å². The molecule has 0 fully saturated rings. The van der Waals surface area contributed by atoms with E-state index in [2.05, 4.69) is 0 Å². The van der Waals surface area contributed by atoms with Crippen LogP contribution in [-0.4, -0.2) is 22.8 Å². The molecule has 2 aromatic rings. The maximum absolute atomic E-state index is 12.4. The Morgan fingerprint density at radius 1 is 1.00 bits per heavy atom. The summed E-state index contributed by atoms with van der Waals surface area (Å²) in [4.78, 5) is 41.9. The van der Waals surface area contributed by atoms with E-state index in [-0.39, 0.29) is 16.7 Å². The van der Waals surface area contributed by atoms with E-state index >= 15 is 0 Å². The molecule has 1 aliphatic heterocycles. The Labute approximate surface area is 137 Å². The van der Waals surface area contributed by atoms with Gasteiger partial charge in [-0.1, -0.05) is 28.8 Å². The Kier molecular flexibility index (Phi) is 3.66. The fourth-order valence-corrected chi connectivity index (χ4v) is 2.94. The van der Waals surface area contributed by atoms with E-state index in [9.17, 15) is 14.4 Å². The average molecular weight is 330 g/mol. The van der Waals surface area contributed by atoms with Crippen molar-refractivity contribution in [1.29, 1.82) is 0 Å². The number of amides is 2. The Bertz CT molecular complexity index is 801. The summed E-state index contributed by atoms with van der Waals surface area (Å²) in [6.07, 6.45) is 0. The number of fused-ring (bicyclic) bond motifs is 1. The van der Waals surface area contributed by atoms with Crippen LogP contribution in [0.3, 0.4) is 0 Å². The quantitative estimate of drug-likeness (QED) is 0.793. The number of aryl methyl sites for hydroxylation is 2. The van der Waals surface area contributed by atoms with Gasteiger partial charge >= 0.3 is 5.97 Å². The lowest BCUT2D eigenvalue weighted by molar-refractivity contribution is -0.0585. The van der Waals surface area contributed by atoms with E-state index in [0.717, 1.165) is 0 Å². The zero-order valence-corrected chi connectivity index (χ0v) is 13.2. The van der Waals surface area contributed by atoms with Gasteiger partial charge in [0, 0.05) is 5.02 Å². The highest BCUT2D eigenvalue weighted by Gasteiger charge is 2.39. The molecule has 1 aliphatic rings. The predicted molar refractivity (Wildman–Crippen MR) is 83.3 cm³/mol. The van der Waals surface area contributed by atoms with Gasteiger partial charge < -0.3 is 4.84 Å². The first-order valence-corrected chi connectivity index (χ1v) is 7.25. The minimum absolute atomic E-state index is 0.217. The highest BCUT2D eigenvalue weighted by atomic mass is 35.5. The maximum atomic E-state index is 12.4. The first-order chi connectivity index (χ1) is 10.9. The third-order valence-electron chi connectivity index (χ3n) is 3.63. The maximum Gasteiger partial charge on any atom is 0.364 e. The molecule has 0 atom stereocenters. The van der Waals surface area contributed by atoms with Crippen LogP contribution in [-0.2, 0) is 4.84 Å². The molecule has 0 radical (unpaired) electrons. The molecular weight excluding hydrogens is 318 g/mol. The van der Waals surface area contributed by atoms with Crippen LogP contribution in [0.5, 0.6) is 0 Å². The lowest BCUT2D eigenvalue weighted by atomic mass is 10.0. The van der Waals surface area contributed by atoms with Crippen molar-refractivity contribution >= 4 is 29.4 Å². The first kappa shape index (κ1) is 15.2. The largest absolute Gasteiger partial charge is 0.364 e. The van der Waals surface area contributed by atoms with Crippen molar-refractivity contribution in [2.75, 3.05) is 0 Å². The molecule has 1 heterocycles. The molecule has 23 heavy (non-hydrogen) atoms. The standard InChI is InChI=1S/C17H12ClNO4/c1-9-7-11(18)8-10(2)14(9)17(22)23-19-15(20)12-5-3-4-6-13(12)16(19)21/h3-8H,1-2H3. The van der Waals surface area contributed by atoms with Crippen molar-refractivity contribution in [3.05, 3.63) is 69.2 Å². The molecule has 0 N–H and O–H groups in total. The van der Waals surface area contributed by atoms with Crippen LogP contribution in [0, 0.1) is 13.8 Å². The first-order valence-electron chi connectivity index (χ1n) is 6.87. The van der Waals surface area contributed by atoms with E-state index in [0.29, 0.717) is 21.2 Å². The summed E-state index contributed by atoms with van der Waals surface area (Å²) in [6, 6.07) is 9.55. The van der Waals surface area contributed by atoms with Crippen molar-refractivity contribution in [3.63, 3.8) is 0 Å². The number of carbonyl (C=O) groups is 3. The molecule has 0 aliphatic carbocycles. The van der Waals surface area contributed by atoms with Gasteiger partial charge in [0.2, 0.25) is 0 Å². The molecule has 116 valence electrons. The SMILES string of the molecule is Cc1cc(Cl)cc(C)c1C(=O)ON1C(=O)c2ccccc2C1=O. The Balaban J connectivity index is 1.91. The van der Waals surface area contributed by atoms with Crippen molar-refractivity contribution in [2.45, 2.75) is 13.8 Å². The highest BCUT2D eigenvalue weighted by molar-refractivity contribution is 6.30. The summed E-state index contributed by atoms with van der Waals surface area (Å²) < 4.78 is 0. The van der Waals surface area contributed by atoms with Crippen molar-refractivity contribution in [2.24, 2.45) is 0 Å². The second kappa shape index (κ2) is 5.52. The summed E-state index contributed by atoms with van der Waals surface area (Å²) in [5.74, 6) is -2.07. The van der Waals surface area contributed by atoms with Gasteiger partial charge in [0.05, 0.1) is 16.7 Å². The van der Waals surface area contributed by atoms with Crippen LogP contribution in [0.4, 0.5) is 0 Å². The van der Waals surface area contributed by atoms with Crippen molar-refractivity contribution in [3.8, 4) is 0 Å². The van der Waals surface area contributed by atoms with Gasteiger partial charge in [-0.15, -0.1) is 0 Å². The Morgan fingerprint density at radius 3 is 1.96 bits per heavy atom. The number of carbonyl (C=O) groups excluding carboxylic acids is 3. The smallest absolute Gasteiger partial charge is 0.324 e. The lowest BCUT2D eigenvalue weighted by Crippen LogP contribution is -2.33. The fourth-order valence-electron chi connectivity index (χ4n) is 2.61. The van der Waals surface area contributed by atoms with Crippen LogP contribution in [0.15, 0.2) is 36.4 Å². The second-order valence-corrected chi connectivity index (χ2v) is 5.68. The van der Waals surface area contributed by atoms with Gasteiger partial charge in [0.25, 0.3) is 11.8 Å². The molecule has 0 bridgehead atoms. The van der Waals surface area contributed by atoms with Gasteiger partial charge in [-0.2, -0.15) is 0 Å². The van der Waals surface area contributed by atoms with E-state index in [1.165, 1.54) is 12.1 Å². The van der Waals surface area contributed by atoms with Crippen molar-refractivity contribution < 1.29 is 19.2 Å². The molecule has 0 saturated heterocycles. The lowest BCUT2D eigenvalue weighted by Gasteiger charge is -2.15. The molecule has 0 saturated carbocycles. The monoisotopic (exact) mass is 329 g/mol. The molecule has 2 amide bonds. The molecule has 5 nitrogen and oxygen atoms in total. The van der Waals surface area contributed by atoms with Gasteiger partial charge in [-0.3, -0.25) is 9.59 Å². The van der Waals surface area contributed by atoms with Crippen LogP contribution >= 0.6 is 11.6 Å². The van der Waals surface area contributed by atoms with E-state index in [1.807, 2.05) is 0 Å². The summed E-state index contributed by atoms with van der Waals surface area (Å²) in [5, 5.41) is 0.998. The van der Waals surface area contributed by atoms with E-state index in [4.69, 9.17) is 16.4 Å². The molecule has 0 unspecified atom stereocenters. The Hall–Kier alpha value is -2.66. The number of imide groups is 1. The summed E-state index contributed by atoms with van der Waals surface area (Å²) in [7, 11) is 0. The number of rotatable bonds is 2. The molecule has 0 aromatic heterocycles. The molecule has 2 aromatic carbocycles. The zero-order chi connectivity index (χ0) is 16.7. The fraction of sp³-hybridized carbons (Fsp3) is 0.118. The predicted octanol–water partition coefficient (Wildman–Crippen LogP) is 3.32. The topological polar surface area (TPSA) is 63.7 Å². The molecule has 6 heteroatoms. The van der Waals surface area contributed by atoms with Gasteiger partial charge in [-0.25, -0.2) is 4.79 Å². The Morgan fingerprint density at radius 2 is 1.48 bits per heavy atom. The van der Waals surface area contributed by atoms with Crippen LogP contribution in [0.2, 0.25) is 5.02 Å². The molecule has 0 spiro atoms. The second-order valence-electron chi connectivity index (χ2n) is 5.24. The van der Waals surface area contributed by atoms with Gasteiger partial charge in [0.15, 0.2) is 0 Å². The minimum atomic E-state index is -0.772. The number of benzene rings is 2. The minimum Gasteiger partial charge on any atom is -0.324 e. The molecule has 3 rings (SSSR count). The van der Waals surface area contributed by atoms with Crippen molar-refractivity contribution in [1.82, 2.24) is 5.06 Å². The van der Waals surface area contributed by atoms with E-state index in [1.54, 1.807) is 38.1 Å². The number of hydrogen-bond donors (Lipinski definition) is 0. The third-order valence-corrected chi connectivity index (χ3v) is 3.85.